The fourth-order valence-electron chi connectivity index (χ4n) is 2.78. The number of carbonyl (C=O) groups excluding carboxylic acids is 1. The molecule has 0 aliphatic carbocycles. The smallest absolute Gasteiger partial charge is 0.317 e. The number of rotatable bonds is 4. The minimum atomic E-state index is -0.0292. The van der Waals surface area contributed by atoms with Gasteiger partial charge in [-0.15, -0.1) is 0 Å². The Balaban J connectivity index is 1.44. The van der Waals surface area contributed by atoms with E-state index in [0.717, 1.165) is 38.3 Å². The van der Waals surface area contributed by atoms with Gasteiger partial charge in [0, 0.05) is 56.7 Å². The number of benzene rings is 1. The van der Waals surface area contributed by atoms with E-state index in [1.54, 1.807) is 0 Å². The third kappa shape index (κ3) is 4.46. The summed E-state index contributed by atoms with van der Waals surface area (Å²) in [5, 5.41) is 3.63. The van der Waals surface area contributed by atoms with Gasteiger partial charge in [-0.3, -0.25) is 9.88 Å². The molecule has 1 aliphatic heterocycles. The lowest BCUT2D eigenvalue weighted by Crippen LogP contribution is -2.51. The number of pyridine rings is 1. The van der Waals surface area contributed by atoms with Crippen LogP contribution in [0.5, 0.6) is 0 Å². The van der Waals surface area contributed by atoms with Crippen molar-refractivity contribution >= 4 is 17.6 Å². The topological polar surface area (TPSA) is 48.5 Å². The highest BCUT2D eigenvalue weighted by Crippen LogP contribution is 2.14. The Morgan fingerprint density at radius 1 is 1.08 bits per heavy atom. The van der Waals surface area contributed by atoms with Crippen molar-refractivity contribution in [2.24, 2.45) is 0 Å². The van der Waals surface area contributed by atoms with E-state index in [1.165, 1.54) is 5.56 Å². The first kappa shape index (κ1) is 16.7. The average molecular weight is 345 g/mol. The summed E-state index contributed by atoms with van der Waals surface area (Å²) in [4.78, 5) is 20.5. The second kappa shape index (κ2) is 8.13. The number of nitrogens with one attached hydrogen (secondary N) is 1. The van der Waals surface area contributed by atoms with Crippen LogP contribution in [-0.4, -0.2) is 47.0 Å². The SMILES string of the molecule is O=C(NCc1ccccc1Cl)N1CCN(Cc2ccncc2)CC1. The third-order valence-corrected chi connectivity index (χ3v) is 4.57. The highest BCUT2D eigenvalue weighted by Gasteiger charge is 2.20. The second-order valence-corrected chi connectivity index (χ2v) is 6.28. The molecule has 0 saturated carbocycles. The number of amides is 2. The monoisotopic (exact) mass is 344 g/mol. The van der Waals surface area contributed by atoms with E-state index in [4.69, 9.17) is 11.6 Å². The molecule has 1 aromatic carbocycles. The van der Waals surface area contributed by atoms with Crippen LogP contribution in [0.15, 0.2) is 48.8 Å². The van der Waals surface area contributed by atoms with Gasteiger partial charge in [0.05, 0.1) is 0 Å². The zero-order valence-electron chi connectivity index (χ0n) is 13.5. The maximum absolute atomic E-state index is 12.3. The molecule has 3 rings (SSSR count). The van der Waals surface area contributed by atoms with E-state index in [2.05, 4.69) is 15.2 Å². The van der Waals surface area contributed by atoms with Crippen LogP contribution in [0.2, 0.25) is 5.02 Å². The van der Waals surface area contributed by atoms with Crippen LogP contribution in [0.1, 0.15) is 11.1 Å². The second-order valence-electron chi connectivity index (χ2n) is 5.87. The van der Waals surface area contributed by atoms with Crippen LogP contribution < -0.4 is 5.32 Å². The number of halogens is 1. The summed E-state index contributed by atoms with van der Waals surface area (Å²) in [7, 11) is 0. The zero-order valence-corrected chi connectivity index (χ0v) is 14.2. The lowest BCUT2D eigenvalue weighted by atomic mass is 10.2. The van der Waals surface area contributed by atoms with Crippen molar-refractivity contribution in [3.8, 4) is 0 Å². The highest BCUT2D eigenvalue weighted by atomic mass is 35.5. The third-order valence-electron chi connectivity index (χ3n) is 4.20. The van der Waals surface area contributed by atoms with Crippen molar-refractivity contribution < 1.29 is 4.79 Å². The van der Waals surface area contributed by atoms with Crippen molar-refractivity contribution in [3.63, 3.8) is 0 Å². The molecule has 1 saturated heterocycles. The van der Waals surface area contributed by atoms with Crippen LogP contribution in [0.3, 0.4) is 0 Å². The molecule has 0 bridgehead atoms. The number of hydrogen-bond donors (Lipinski definition) is 1. The molecule has 2 amide bonds. The summed E-state index contributed by atoms with van der Waals surface area (Å²) in [5.74, 6) is 0. The Morgan fingerprint density at radius 2 is 1.79 bits per heavy atom. The molecule has 5 nitrogen and oxygen atoms in total. The predicted molar refractivity (Wildman–Crippen MR) is 94.8 cm³/mol. The summed E-state index contributed by atoms with van der Waals surface area (Å²) in [5.41, 5.74) is 2.19. The number of nitrogens with zero attached hydrogens (tertiary/aromatic N) is 3. The molecule has 1 aliphatic rings. The van der Waals surface area contributed by atoms with E-state index in [-0.39, 0.29) is 6.03 Å². The maximum atomic E-state index is 12.3. The van der Waals surface area contributed by atoms with Crippen LogP contribution in [0.4, 0.5) is 4.79 Å². The fourth-order valence-corrected chi connectivity index (χ4v) is 2.98. The van der Waals surface area contributed by atoms with Gasteiger partial charge < -0.3 is 10.2 Å². The summed E-state index contributed by atoms with van der Waals surface area (Å²) >= 11 is 6.11. The maximum Gasteiger partial charge on any atom is 0.317 e. The average Bonchev–Trinajstić information content (AvgIpc) is 2.62. The molecule has 2 heterocycles. The number of aromatic nitrogens is 1. The van der Waals surface area contributed by atoms with E-state index >= 15 is 0 Å². The lowest BCUT2D eigenvalue weighted by molar-refractivity contribution is 0.135. The van der Waals surface area contributed by atoms with Crippen LogP contribution >= 0.6 is 11.6 Å². The standard InChI is InChI=1S/C18H21ClN4O/c19-17-4-2-1-3-16(17)13-21-18(24)23-11-9-22(10-12-23)14-15-5-7-20-8-6-15/h1-8H,9-14H2,(H,21,24). The predicted octanol–water partition coefficient (Wildman–Crippen LogP) is 2.76. The first-order valence-electron chi connectivity index (χ1n) is 8.10. The van der Waals surface area contributed by atoms with Gasteiger partial charge in [0.2, 0.25) is 0 Å². The molecule has 126 valence electrons. The number of piperazine rings is 1. The molecule has 1 N–H and O–H groups in total. The number of carbonyl (C=O) groups is 1. The van der Waals surface area contributed by atoms with E-state index < -0.39 is 0 Å². The van der Waals surface area contributed by atoms with Gasteiger partial charge in [-0.1, -0.05) is 29.8 Å². The molecule has 0 unspecified atom stereocenters. The quantitative estimate of drug-likeness (QED) is 0.927. The van der Waals surface area contributed by atoms with Crippen molar-refractivity contribution in [1.82, 2.24) is 20.1 Å². The van der Waals surface area contributed by atoms with Gasteiger partial charge in [-0.05, 0) is 29.3 Å². The summed E-state index contributed by atoms with van der Waals surface area (Å²) < 4.78 is 0. The molecule has 0 spiro atoms. The minimum Gasteiger partial charge on any atom is -0.334 e. The van der Waals surface area contributed by atoms with Gasteiger partial charge in [0.15, 0.2) is 0 Å². The molecule has 24 heavy (non-hydrogen) atoms. The Labute approximate surface area is 147 Å². The highest BCUT2D eigenvalue weighted by molar-refractivity contribution is 6.31. The normalized spacial score (nSPS) is 15.3. The van der Waals surface area contributed by atoms with Gasteiger partial charge in [0.25, 0.3) is 0 Å². The Morgan fingerprint density at radius 3 is 2.50 bits per heavy atom. The summed E-state index contributed by atoms with van der Waals surface area (Å²) in [6.07, 6.45) is 3.63. The molecule has 6 heteroatoms. The van der Waals surface area contributed by atoms with Crippen molar-refractivity contribution in [3.05, 3.63) is 64.9 Å². The Kier molecular flexibility index (Phi) is 5.67. The number of urea groups is 1. The Bertz CT molecular complexity index is 672. The summed E-state index contributed by atoms with van der Waals surface area (Å²) in [6, 6.07) is 11.6. The van der Waals surface area contributed by atoms with Crippen molar-refractivity contribution in [1.29, 1.82) is 0 Å². The molecule has 0 atom stereocenters. The number of hydrogen-bond acceptors (Lipinski definition) is 3. The minimum absolute atomic E-state index is 0.0292. The molecule has 1 aromatic heterocycles. The molecular weight excluding hydrogens is 324 g/mol. The van der Waals surface area contributed by atoms with Crippen LogP contribution in [-0.2, 0) is 13.1 Å². The van der Waals surface area contributed by atoms with Gasteiger partial charge >= 0.3 is 6.03 Å². The van der Waals surface area contributed by atoms with E-state index in [1.807, 2.05) is 53.7 Å². The van der Waals surface area contributed by atoms with E-state index in [0.29, 0.717) is 11.6 Å². The molecular formula is C18H21ClN4O. The first-order valence-corrected chi connectivity index (χ1v) is 8.47. The fraction of sp³-hybridized carbons (Fsp3) is 0.333. The van der Waals surface area contributed by atoms with Crippen molar-refractivity contribution in [2.75, 3.05) is 26.2 Å². The lowest BCUT2D eigenvalue weighted by Gasteiger charge is -2.34. The van der Waals surface area contributed by atoms with Crippen molar-refractivity contribution in [2.45, 2.75) is 13.1 Å². The zero-order chi connectivity index (χ0) is 16.8. The van der Waals surface area contributed by atoms with Gasteiger partial charge in [-0.2, -0.15) is 0 Å². The largest absolute Gasteiger partial charge is 0.334 e. The molecule has 2 aromatic rings. The van der Waals surface area contributed by atoms with Gasteiger partial charge in [0.1, 0.15) is 0 Å². The Hall–Kier alpha value is -2.11. The summed E-state index contributed by atoms with van der Waals surface area (Å²) in [6.45, 7) is 4.58. The van der Waals surface area contributed by atoms with Crippen LogP contribution in [0.25, 0.3) is 0 Å². The molecule has 0 radical (unpaired) electrons. The van der Waals surface area contributed by atoms with Gasteiger partial charge in [-0.25, -0.2) is 4.79 Å². The first-order chi connectivity index (χ1) is 11.7. The van der Waals surface area contributed by atoms with Crippen LogP contribution in [0, 0.1) is 0 Å². The molecule has 1 fully saturated rings. The van der Waals surface area contributed by atoms with E-state index in [9.17, 15) is 4.79 Å².